The Morgan fingerprint density at radius 3 is 2.62 bits per heavy atom. The number of carbonyl (C=O) groups is 1. The van der Waals surface area contributed by atoms with Crippen LogP contribution in [0.1, 0.15) is 23.5 Å². The molecule has 5 N–H and O–H groups in total. The molecule has 3 aromatic heterocycles. The Kier molecular flexibility index (Phi) is 11.4. The van der Waals surface area contributed by atoms with E-state index in [-0.39, 0.29) is 6.04 Å². The van der Waals surface area contributed by atoms with Crippen molar-refractivity contribution in [2.24, 2.45) is 11.5 Å². The highest BCUT2D eigenvalue weighted by molar-refractivity contribution is 7.17. The molecule has 3 aromatic rings. The van der Waals surface area contributed by atoms with Gasteiger partial charge in [-0.3, -0.25) is 4.79 Å². The van der Waals surface area contributed by atoms with E-state index in [4.69, 9.17) is 16.2 Å². The lowest BCUT2D eigenvalue weighted by Crippen LogP contribution is -2.30. The van der Waals surface area contributed by atoms with Crippen molar-refractivity contribution in [3.05, 3.63) is 65.8 Å². The van der Waals surface area contributed by atoms with Crippen molar-refractivity contribution in [3.63, 3.8) is 0 Å². The summed E-state index contributed by atoms with van der Waals surface area (Å²) in [5.41, 5.74) is 13.5. The van der Waals surface area contributed by atoms with Crippen molar-refractivity contribution in [2.75, 3.05) is 20.3 Å². The van der Waals surface area contributed by atoms with Crippen molar-refractivity contribution >= 4 is 28.7 Å². The summed E-state index contributed by atoms with van der Waals surface area (Å²) < 4.78 is 4.70. The largest absolute Gasteiger partial charge is 0.381 e. The fourth-order valence-electron chi connectivity index (χ4n) is 2.13. The molecule has 0 aliphatic heterocycles. The minimum absolute atomic E-state index is 0.0139. The van der Waals surface area contributed by atoms with Gasteiger partial charge in [-0.15, -0.1) is 11.3 Å². The second kappa shape index (κ2) is 13.6. The number of aromatic nitrogens is 2. The van der Waals surface area contributed by atoms with E-state index < -0.39 is 0 Å². The van der Waals surface area contributed by atoms with Gasteiger partial charge in [-0.2, -0.15) is 0 Å². The third-order valence-corrected chi connectivity index (χ3v) is 4.90. The molecule has 0 aromatic carbocycles. The van der Waals surface area contributed by atoms with Gasteiger partial charge < -0.3 is 21.2 Å². The molecule has 156 valence electrons. The fraction of sp³-hybridized carbons (Fsp3) is 0.273. The summed E-state index contributed by atoms with van der Waals surface area (Å²) in [5, 5.41) is 1.08. The standard InChI is InChI=1S/C12H8N2OS.C5H12N2.C5H10O/c15-7-8-1-2-11(16-8)9-3-5-13-12-10(9)4-6-14-12;1-4(2)5(7)3-6;1-3-4-5-6-2/h1-7H,(H,13,14);5H,1,3,6-7H2,2H3;3-4H,5H2,1-2H3/b;;4-3-. The normalized spacial score (nSPS) is 11.3. The molecule has 0 aliphatic carbocycles. The molecule has 3 rings (SSSR count). The number of H-pyrrole nitrogens is 1. The minimum Gasteiger partial charge on any atom is -0.381 e. The van der Waals surface area contributed by atoms with E-state index >= 15 is 0 Å². The number of nitrogens with one attached hydrogen (secondary N) is 1. The number of hydrogen-bond donors (Lipinski definition) is 3. The number of aromatic amines is 1. The van der Waals surface area contributed by atoms with Crippen molar-refractivity contribution in [2.45, 2.75) is 19.9 Å². The Morgan fingerprint density at radius 1 is 1.38 bits per heavy atom. The average molecular weight is 415 g/mol. The van der Waals surface area contributed by atoms with Crippen LogP contribution in [0.25, 0.3) is 21.5 Å². The first-order valence-electron chi connectivity index (χ1n) is 9.17. The molecule has 0 spiro atoms. The Balaban J connectivity index is 0.000000272. The van der Waals surface area contributed by atoms with E-state index in [0.29, 0.717) is 6.54 Å². The van der Waals surface area contributed by atoms with Crippen LogP contribution in [-0.4, -0.2) is 42.6 Å². The van der Waals surface area contributed by atoms with E-state index in [0.717, 1.165) is 44.8 Å². The molecule has 6 nitrogen and oxygen atoms in total. The molecule has 0 saturated carbocycles. The van der Waals surface area contributed by atoms with Gasteiger partial charge in [0, 0.05) is 47.9 Å². The molecular weight excluding hydrogens is 384 g/mol. The monoisotopic (exact) mass is 414 g/mol. The van der Waals surface area contributed by atoms with Gasteiger partial charge in [0.2, 0.25) is 0 Å². The molecule has 29 heavy (non-hydrogen) atoms. The Hall–Kier alpha value is -2.58. The van der Waals surface area contributed by atoms with Gasteiger partial charge >= 0.3 is 0 Å². The molecule has 3 heterocycles. The first-order valence-corrected chi connectivity index (χ1v) is 9.98. The van der Waals surface area contributed by atoms with Crippen LogP contribution in [0, 0.1) is 0 Å². The molecule has 0 amide bonds. The third-order valence-electron chi connectivity index (χ3n) is 3.85. The highest BCUT2D eigenvalue weighted by atomic mass is 32.1. The molecule has 1 unspecified atom stereocenters. The van der Waals surface area contributed by atoms with Crippen LogP contribution in [0.2, 0.25) is 0 Å². The molecule has 0 bridgehead atoms. The molecule has 7 heteroatoms. The van der Waals surface area contributed by atoms with Gasteiger partial charge in [0.05, 0.1) is 11.5 Å². The van der Waals surface area contributed by atoms with E-state index in [1.165, 1.54) is 11.3 Å². The van der Waals surface area contributed by atoms with Crippen LogP contribution < -0.4 is 11.5 Å². The van der Waals surface area contributed by atoms with Crippen LogP contribution in [0.15, 0.2) is 61.0 Å². The average Bonchev–Trinajstić information content (AvgIpc) is 3.41. The van der Waals surface area contributed by atoms with E-state index in [2.05, 4.69) is 16.5 Å². The number of fused-ring (bicyclic) bond motifs is 1. The van der Waals surface area contributed by atoms with Crippen LogP contribution in [0.4, 0.5) is 0 Å². The smallest absolute Gasteiger partial charge is 0.160 e. The number of pyridine rings is 1. The number of carbonyl (C=O) groups excluding carboxylic acids is 1. The predicted octanol–water partition coefficient (Wildman–Crippen LogP) is 4.16. The fourth-order valence-corrected chi connectivity index (χ4v) is 2.99. The molecule has 0 saturated heterocycles. The van der Waals surface area contributed by atoms with E-state index in [9.17, 15) is 4.79 Å². The highest BCUT2D eigenvalue weighted by Crippen LogP contribution is 2.31. The summed E-state index contributed by atoms with van der Waals surface area (Å²) in [5.74, 6) is 0. The minimum atomic E-state index is -0.0139. The van der Waals surface area contributed by atoms with Crippen molar-refractivity contribution in [1.29, 1.82) is 0 Å². The topological polar surface area (TPSA) is 107 Å². The zero-order valence-corrected chi connectivity index (χ0v) is 18.0. The number of allylic oxidation sites excluding steroid dienone is 1. The number of methoxy groups -OCH3 is 1. The summed E-state index contributed by atoms with van der Waals surface area (Å²) in [6.45, 7) is 8.69. The number of rotatable bonds is 6. The maximum atomic E-state index is 10.7. The molecule has 0 aliphatic rings. The van der Waals surface area contributed by atoms with Crippen molar-refractivity contribution in [3.8, 4) is 10.4 Å². The Labute approximate surface area is 176 Å². The summed E-state index contributed by atoms with van der Waals surface area (Å²) in [7, 11) is 1.68. The first kappa shape index (κ1) is 24.5. The van der Waals surface area contributed by atoms with Crippen LogP contribution in [0.5, 0.6) is 0 Å². The summed E-state index contributed by atoms with van der Waals surface area (Å²) in [6.07, 6.45) is 8.44. The van der Waals surface area contributed by atoms with Crippen LogP contribution in [0.3, 0.4) is 0 Å². The quantitative estimate of drug-likeness (QED) is 0.415. The SMILES string of the molecule is C/C=C\COC.C=C(C)C(N)CN.O=Cc1ccc(-c2ccnc3[nH]ccc23)s1. The number of nitrogens with zero attached hydrogens (tertiary/aromatic N) is 1. The second-order valence-corrected chi connectivity index (χ2v) is 7.25. The molecule has 0 radical (unpaired) electrons. The summed E-state index contributed by atoms with van der Waals surface area (Å²) in [6, 6.07) is 7.76. The van der Waals surface area contributed by atoms with E-state index in [1.54, 1.807) is 13.3 Å². The van der Waals surface area contributed by atoms with Crippen molar-refractivity contribution < 1.29 is 9.53 Å². The van der Waals surface area contributed by atoms with Gasteiger partial charge in [-0.05, 0) is 38.1 Å². The Morgan fingerprint density at radius 2 is 2.14 bits per heavy atom. The number of aldehydes is 1. The van der Waals surface area contributed by atoms with Gasteiger partial charge in [0.1, 0.15) is 5.65 Å². The lowest BCUT2D eigenvalue weighted by atomic mass is 10.1. The van der Waals surface area contributed by atoms with Gasteiger partial charge in [0.15, 0.2) is 6.29 Å². The highest BCUT2D eigenvalue weighted by Gasteiger charge is 2.07. The van der Waals surface area contributed by atoms with Gasteiger partial charge in [-0.25, -0.2) is 4.98 Å². The molecular formula is C22H30N4O2S. The van der Waals surface area contributed by atoms with Crippen LogP contribution >= 0.6 is 11.3 Å². The maximum absolute atomic E-state index is 10.7. The number of hydrogen-bond acceptors (Lipinski definition) is 6. The number of nitrogens with two attached hydrogens (primary N) is 2. The third kappa shape index (κ3) is 8.13. The molecule has 0 fully saturated rings. The lowest BCUT2D eigenvalue weighted by molar-refractivity contribution is 0.112. The summed E-state index contributed by atoms with van der Waals surface area (Å²) >= 11 is 1.49. The van der Waals surface area contributed by atoms with Gasteiger partial charge in [-0.1, -0.05) is 24.3 Å². The first-order chi connectivity index (χ1) is 14.0. The number of ether oxygens (including phenoxy) is 1. The van der Waals surface area contributed by atoms with Crippen LogP contribution in [-0.2, 0) is 4.74 Å². The zero-order chi connectivity index (χ0) is 21.6. The maximum Gasteiger partial charge on any atom is 0.160 e. The predicted molar refractivity (Wildman–Crippen MR) is 123 cm³/mol. The van der Waals surface area contributed by atoms with Crippen molar-refractivity contribution in [1.82, 2.24) is 9.97 Å². The Bertz CT molecular complexity index is 914. The summed E-state index contributed by atoms with van der Waals surface area (Å²) in [4.78, 5) is 19.8. The second-order valence-electron chi connectivity index (χ2n) is 6.13. The number of thiophene rings is 1. The van der Waals surface area contributed by atoms with E-state index in [1.807, 2.05) is 56.5 Å². The zero-order valence-electron chi connectivity index (χ0n) is 17.2. The molecule has 1 atom stereocenters. The van der Waals surface area contributed by atoms with Gasteiger partial charge in [0.25, 0.3) is 0 Å². The lowest BCUT2D eigenvalue weighted by Gasteiger charge is -2.04.